The fourth-order valence-corrected chi connectivity index (χ4v) is 4.93. The lowest BCUT2D eigenvalue weighted by molar-refractivity contribution is 0.228. The van der Waals surface area contributed by atoms with Crippen LogP contribution in [0.2, 0.25) is 0 Å². The summed E-state index contributed by atoms with van der Waals surface area (Å²) in [5.41, 5.74) is 5.53. The van der Waals surface area contributed by atoms with Crippen molar-refractivity contribution < 1.29 is 0 Å². The number of benzene rings is 2. The molecule has 0 unspecified atom stereocenters. The fourth-order valence-electron chi connectivity index (χ4n) is 4.93. The molecule has 1 aliphatic carbocycles. The molecule has 0 spiro atoms. The normalized spacial score (nSPS) is 23.7. The van der Waals surface area contributed by atoms with E-state index in [0.29, 0.717) is 23.7 Å². The molecule has 0 amide bonds. The summed E-state index contributed by atoms with van der Waals surface area (Å²) in [6, 6.07) is 30.6. The summed E-state index contributed by atoms with van der Waals surface area (Å²) in [6.07, 6.45) is 7.65. The van der Waals surface area contributed by atoms with Crippen LogP contribution in [-0.2, 0) is 0 Å². The van der Waals surface area contributed by atoms with Crippen molar-refractivity contribution in [2.24, 2.45) is 0 Å². The van der Waals surface area contributed by atoms with Gasteiger partial charge in [0.1, 0.15) is 0 Å². The van der Waals surface area contributed by atoms with Gasteiger partial charge in [-0.3, -0.25) is 9.97 Å². The van der Waals surface area contributed by atoms with Gasteiger partial charge in [-0.2, -0.15) is 0 Å². The Morgan fingerprint density at radius 2 is 0.643 bits per heavy atom. The van der Waals surface area contributed by atoms with Crippen molar-refractivity contribution in [3.05, 3.63) is 132 Å². The summed E-state index contributed by atoms with van der Waals surface area (Å²) in [5.74, 6) is 1.70. The van der Waals surface area contributed by atoms with Gasteiger partial charge in [0.05, 0.1) is 0 Å². The summed E-state index contributed by atoms with van der Waals surface area (Å²) < 4.78 is 0. The van der Waals surface area contributed by atoms with E-state index in [-0.39, 0.29) is 0 Å². The molecule has 5 rings (SSSR count). The molecule has 0 radical (unpaired) electrons. The predicted molar refractivity (Wildman–Crippen MR) is 112 cm³/mol. The highest BCUT2D eigenvalue weighted by atomic mass is 14.6. The van der Waals surface area contributed by atoms with Crippen molar-refractivity contribution in [1.82, 2.24) is 9.97 Å². The third-order valence-corrected chi connectivity index (χ3v) is 6.10. The number of nitrogens with zero attached hydrogens (tertiary/aromatic N) is 2. The molecule has 1 aliphatic rings. The first-order valence-electron chi connectivity index (χ1n) is 9.83. The van der Waals surface area contributed by atoms with Gasteiger partial charge >= 0.3 is 0 Å². The number of hydrogen-bond donors (Lipinski definition) is 0. The average molecular weight is 362 g/mol. The van der Waals surface area contributed by atoms with Gasteiger partial charge in [0, 0.05) is 24.8 Å². The lowest BCUT2D eigenvalue weighted by Crippen LogP contribution is -2.40. The van der Waals surface area contributed by atoms with E-state index >= 15 is 0 Å². The first-order valence-corrected chi connectivity index (χ1v) is 9.83. The molecule has 0 aliphatic heterocycles. The first-order chi connectivity index (χ1) is 13.9. The van der Waals surface area contributed by atoms with Crippen LogP contribution in [0.25, 0.3) is 0 Å². The maximum Gasteiger partial charge on any atom is 0.0270 e. The summed E-state index contributed by atoms with van der Waals surface area (Å²) in [5, 5.41) is 0. The topological polar surface area (TPSA) is 25.8 Å². The number of aromatic nitrogens is 2. The van der Waals surface area contributed by atoms with Crippen molar-refractivity contribution in [2.45, 2.75) is 23.7 Å². The standard InChI is InChI=1S/C26H22N2/c1-3-7-19(8-4-1)23-24(20-9-5-2-6-10-20)26(22-13-17-28-18-14-22)25(23)21-11-15-27-16-12-21/h1-18,23-26H/t23-,24+,25+,26-. The van der Waals surface area contributed by atoms with Crippen LogP contribution in [0.3, 0.4) is 0 Å². The number of pyridine rings is 2. The van der Waals surface area contributed by atoms with E-state index in [1.165, 1.54) is 22.3 Å². The monoisotopic (exact) mass is 362 g/mol. The van der Waals surface area contributed by atoms with Gasteiger partial charge in [0.15, 0.2) is 0 Å². The Morgan fingerprint density at radius 1 is 0.357 bits per heavy atom. The van der Waals surface area contributed by atoms with Crippen LogP contribution in [-0.4, -0.2) is 9.97 Å². The molecule has 0 N–H and O–H groups in total. The fraction of sp³-hybridized carbons (Fsp3) is 0.154. The number of rotatable bonds is 4. The van der Waals surface area contributed by atoms with Crippen molar-refractivity contribution in [3.8, 4) is 0 Å². The quantitative estimate of drug-likeness (QED) is 0.450. The van der Waals surface area contributed by atoms with Gasteiger partial charge in [-0.1, -0.05) is 60.7 Å². The van der Waals surface area contributed by atoms with Gasteiger partial charge in [0.2, 0.25) is 0 Å². The minimum Gasteiger partial charge on any atom is -0.265 e. The van der Waals surface area contributed by atoms with Crippen LogP contribution in [0.5, 0.6) is 0 Å². The Balaban J connectivity index is 1.67. The molecule has 1 fully saturated rings. The third kappa shape index (κ3) is 2.91. The Labute approximate surface area is 165 Å². The van der Waals surface area contributed by atoms with E-state index in [0.717, 1.165) is 0 Å². The molecule has 0 saturated heterocycles. The Kier molecular flexibility index (Phi) is 4.46. The first kappa shape index (κ1) is 16.9. The van der Waals surface area contributed by atoms with Crippen LogP contribution in [0.4, 0.5) is 0 Å². The van der Waals surface area contributed by atoms with Gasteiger partial charge < -0.3 is 0 Å². The second-order valence-corrected chi connectivity index (χ2v) is 7.49. The summed E-state index contributed by atoms with van der Waals surface area (Å²) >= 11 is 0. The van der Waals surface area contributed by atoms with Crippen molar-refractivity contribution in [2.75, 3.05) is 0 Å². The van der Waals surface area contributed by atoms with E-state index < -0.39 is 0 Å². The minimum absolute atomic E-state index is 0.415. The molecule has 2 heteroatoms. The van der Waals surface area contributed by atoms with Crippen molar-refractivity contribution in [3.63, 3.8) is 0 Å². The zero-order valence-electron chi connectivity index (χ0n) is 15.6. The van der Waals surface area contributed by atoms with E-state index in [1.54, 1.807) is 0 Å². The zero-order chi connectivity index (χ0) is 18.8. The molecule has 2 nitrogen and oxygen atoms in total. The lowest BCUT2D eigenvalue weighted by Gasteiger charge is -2.53. The largest absolute Gasteiger partial charge is 0.265 e. The summed E-state index contributed by atoms with van der Waals surface area (Å²) in [4.78, 5) is 8.50. The third-order valence-electron chi connectivity index (χ3n) is 6.10. The van der Waals surface area contributed by atoms with Crippen LogP contribution in [0.15, 0.2) is 110 Å². The molecule has 4 atom stereocenters. The molecule has 136 valence electrons. The number of hydrogen-bond acceptors (Lipinski definition) is 2. The van der Waals surface area contributed by atoms with Crippen molar-refractivity contribution in [1.29, 1.82) is 0 Å². The van der Waals surface area contributed by atoms with Crippen LogP contribution in [0, 0.1) is 0 Å². The predicted octanol–water partition coefficient (Wildman–Crippen LogP) is 5.93. The smallest absolute Gasteiger partial charge is 0.0270 e. The molecule has 2 heterocycles. The van der Waals surface area contributed by atoms with Gasteiger partial charge in [-0.05, 0) is 70.2 Å². The van der Waals surface area contributed by atoms with Crippen molar-refractivity contribution >= 4 is 0 Å². The Morgan fingerprint density at radius 3 is 0.964 bits per heavy atom. The Bertz CT molecular complexity index is 835. The van der Waals surface area contributed by atoms with E-state index in [4.69, 9.17) is 0 Å². The maximum absolute atomic E-state index is 4.25. The van der Waals surface area contributed by atoms with Crippen LogP contribution in [0.1, 0.15) is 45.9 Å². The zero-order valence-corrected chi connectivity index (χ0v) is 15.6. The Hall–Kier alpha value is -3.26. The average Bonchev–Trinajstić information content (AvgIpc) is 2.76. The van der Waals surface area contributed by atoms with Crippen LogP contribution < -0.4 is 0 Å². The highest BCUT2D eigenvalue weighted by Crippen LogP contribution is 2.66. The highest BCUT2D eigenvalue weighted by Gasteiger charge is 2.52. The van der Waals surface area contributed by atoms with Gasteiger partial charge in [-0.15, -0.1) is 0 Å². The SMILES string of the molecule is c1ccc([C@@H]2[C@H](c3ccccc3)[C@@H](c3ccncc3)[C@H]2c2ccncc2)cc1. The minimum atomic E-state index is 0.415. The molecule has 2 aromatic carbocycles. The van der Waals surface area contributed by atoms with Gasteiger partial charge in [0.25, 0.3) is 0 Å². The molecule has 4 aromatic rings. The van der Waals surface area contributed by atoms with Gasteiger partial charge in [-0.25, -0.2) is 0 Å². The second-order valence-electron chi connectivity index (χ2n) is 7.49. The van der Waals surface area contributed by atoms with E-state index in [9.17, 15) is 0 Å². The molecular formula is C26H22N2. The second kappa shape index (κ2) is 7.40. The molecule has 2 aromatic heterocycles. The van der Waals surface area contributed by atoms with Crippen LogP contribution >= 0.6 is 0 Å². The summed E-state index contributed by atoms with van der Waals surface area (Å²) in [6.45, 7) is 0. The highest BCUT2D eigenvalue weighted by molar-refractivity contribution is 5.47. The van der Waals surface area contributed by atoms with E-state index in [2.05, 4.69) is 94.9 Å². The molecular weight excluding hydrogens is 340 g/mol. The summed E-state index contributed by atoms with van der Waals surface area (Å²) in [7, 11) is 0. The maximum atomic E-state index is 4.25. The lowest BCUT2D eigenvalue weighted by atomic mass is 9.49. The molecule has 0 bridgehead atoms. The molecule has 28 heavy (non-hydrogen) atoms. The molecule has 1 saturated carbocycles. The van der Waals surface area contributed by atoms with E-state index in [1.807, 2.05) is 24.8 Å².